The number of nitrogens with zero attached hydrogens (tertiary/aromatic N) is 2. The predicted molar refractivity (Wildman–Crippen MR) is 101 cm³/mol. The summed E-state index contributed by atoms with van der Waals surface area (Å²) in [5.74, 6) is 0.297. The number of benzene rings is 1. The Kier molecular flexibility index (Phi) is 5.66. The number of carbonyl (C=O) groups excluding carboxylic acids is 2. The van der Waals surface area contributed by atoms with Gasteiger partial charge in [0.15, 0.2) is 0 Å². The van der Waals surface area contributed by atoms with Crippen LogP contribution in [0.3, 0.4) is 0 Å². The Hall–Kier alpha value is -1.88. The normalized spacial score (nSPS) is 23.6. The molecule has 1 atom stereocenters. The highest BCUT2D eigenvalue weighted by Gasteiger charge is 2.42. The van der Waals surface area contributed by atoms with Crippen LogP contribution in [0.25, 0.3) is 0 Å². The van der Waals surface area contributed by atoms with Gasteiger partial charge in [0.05, 0.1) is 0 Å². The fourth-order valence-electron chi connectivity index (χ4n) is 4.44. The van der Waals surface area contributed by atoms with E-state index in [4.69, 9.17) is 5.11 Å². The summed E-state index contributed by atoms with van der Waals surface area (Å²) in [5.41, 5.74) is 3.00. The van der Waals surface area contributed by atoms with Crippen LogP contribution in [0.2, 0.25) is 0 Å². The standard InChI is InChI=1S/C21H30N2O3/c1-16-6-3-7-18(17(16)2)20(26)23-11-4-9-21(15-23)10-8-19(25)22(14-21)12-5-13-24/h3,6-7,24H,4-5,8-15H2,1-2H3/t21-/m0/s1. The molecule has 2 aliphatic heterocycles. The molecule has 2 aliphatic rings. The molecule has 2 saturated heterocycles. The second kappa shape index (κ2) is 7.78. The van der Waals surface area contributed by atoms with E-state index in [-0.39, 0.29) is 23.8 Å². The number of rotatable bonds is 4. The van der Waals surface area contributed by atoms with Crippen molar-refractivity contribution in [3.63, 3.8) is 0 Å². The van der Waals surface area contributed by atoms with Gasteiger partial charge in [0.1, 0.15) is 0 Å². The molecule has 2 fully saturated rings. The molecule has 2 amide bonds. The SMILES string of the molecule is Cc1cccc(C(=O)N2CCC[C@@]3(CCC(=O)N(CCCO)C3)C2)c1C. The van der Waals surface area contributed by atoms with Crippen LogP contribution < -0.4 is 0 Å². The molecule has 0 aliphatic carbocycles. The molecule has 142 valence electrons. The first-order valence-corrected chi connectivity index (χ1v) is 9.70. The summed E-state index contributed by atoms with van der Waals surface area (Å²) in [6, 6.07) is 5.91. The van der Waals surface area contributed by atoms with Crippen LogP contribution in [-0.2, 0) is 4.79 Å². The van der Waals surface area contributed by atoms with E-state index in [9.17, 15) is 9.59 Å². The van der Waals surface area contributed by atoms with Gasteiger partial charge < -0.3 is 14.9 Å². The Morgan fingerprint density at radius 1 is 1.23 bits per heavy atom. The number of piperidine rings is 2. The highest BCUT2D eigenvalue weighted by atomic mass is 16.3. The van der Waals surface area contributed by atoms with E-state index in [0.717, 1.165) is 49.0 Å². The molecule has 0 saturated carbocycles. The maximum Gasteiger partial charge on any atom is 0.254 e. The maximum absolute atomic E-state index is 13.1. The molecule has 1 aromatic carbocycles. The lowest BCUT2D eigenvalue weighted by Crippen LogP contribution is -2.55. The number of hydrogen-bond acceptors (Lipinski definition) is 3. The Morgan fingerprint density at radius 3 is 2.81 bits per heavy atom. The van der Waals surface area contributed by atoms with Crippen LogP contribution in [0.5, 0.6) is 0 Å². The van der Waals surface area contributed by atoms with E-state index in [0.29, 0.717) is 25.9 Å². The number of amides is 2. The van der Waals surface area contributed by atoms with Crippen LogP contribution in [0.4, 0.5) is 0 Å². The molecule has 0 bridgehead atoms. The van der Waals surface area contributed by atoms with Gasteiger partial charge in [-0.2, -0.15) is 0 Å². The number of hydrogen-bond donors (Lipinski definition) is 1. The third-order valence-corrected chi connectivity index (χ3v) is 6.12. The third-order valence-electron chi connectivity index (χ3n) is 6.12. The van der Waals surface area contributed by atoms with Crippen LogP contribution in [0.1, 0.15) is 53.6 Å². The largest absolute Gasteiger partial charge is 0.396 e. The lowest BCUT2D eigenvalue weighted by Gasteiger charge is -2.48. The first kappa shape index (κ1) is 18.9. The van der Waals surface area contributed by atoms with Gasteiger partial charge in [-0.15, -0.1) is 0 Å². The van der Waals surface area contributed by atoms with Gasteiger partial charge in [-0.3, -0.25) is 9.59 Å². The summed E-state index contributed by atoms with van der Waals surface area (Å²) >= 11 is 0. The topological polar surface area (TPSA) is 60.9 Å². The van der Waals surface area contributed by atoms with Crippen molar-refractivity contribution in [2.45, 2.75) is 46.0 Å². The molecule has 0 aromatic heterocycles. The molecule has 2 heterocycles. The van der Waals surface area contributed by atoms with Crippen molar-refractivity contribution >= 4 is 11.8 Å². The van der Waals surface area contributed by atoms with Crippen LogP contribution in [0, 0.1) is 19.3 Å². The number of aryl methyl sites for hydroxylation is 1. The monoisotopic (exact) mass is 358 g/mol. The highest BCUT2D eigenvalue weighted by Crippen LogP contribution is 2.39. The van der Waals surface area contributed by atoms with Gasteiger partial charge in [-0.25, -0.2) is 0 Å². The first-order chi connectivity index (χ1) is 12.5. The fraction of sp³-hybridized carbons (Fsp3) is 0.619. The van der Waals surface area contributed by atoms with Crippen molar-refractivity contribution in [3.05, 3.63) is 34.9 Å². The van der Waals surface area contributed by atoms with Crippen LogP contribution in [0.15, 0.2) is 18.2 Å². The number of aliphatic hydroxyl groups is 1. The fourth-order valence-corrected chi connectivity index (χ4v) is 4.44. The second-order valence-electron chi connectivity index (χ2n) is 7.97. The quantitative estimate of drug-likeness (QED) is 0.900. The summed E-state index contributed by atoms with van der Waals surface area (Å²) < 4.78 is 0. The molecule has 0 unspecified atom stereocenters. The van der Waals surface area contributed by atoms with Gasteiger partial charge in [-0.05, 0) is 56.7 Å². The van der Waals surface area contributed by atoms with Gasteiger partial charge >= 0.3 is 0 Å². The molecule has 1 N–H and O–H groups in total. The Balaban J connectivity index is 1.75. The van der Waals surface area contributed by atoms with E-state index in [1.807, 2.05) is 41.8 Å². The first-order valence-electron chi connectivity index (χ1n) is 9.70. The Morgan fingerprint density at radius 2 is 2.04 bits per heavy atom. The average Bonchev–Trinajstić information content (AvgIpc) is 2.64. The maximum atomic E-state index is 13.1. The Bertz CT molecular complexity index is 688. The molecule has 1 spiro atoms. The minimum Gasteiger partial charge on any atom is -0.396 e. The highest BCUT2D eigenvalue weighted by molar-refractivity contribution is 5.96. The van der Waals surface area contributed by atoms with E-state index in [1.165, 1.54) is 0 Å². The molecule has 1 aromatic rings. The van der Waals surface area contributed by atoms with E-state index in [1.54, 1.807) is 0 Å². The molecule has 5 nitrogen and oxygen atoms in total. The number of likely N-dealkylation sites (tertiary alicyclic amines) is 2. The van der Waals surface area contributed by atoms with Gasteiger partial charge in [0.25, 0.3) is 5.91 Å². The minimum absolute atomic E-state index is 0.00893. The van der Waals surface area contributed by atoms with Crippen molar-refractivity contribution in [1.82, 2.24) is 9.80 Å². The zero-order valence-electron chi connectivity index (χ0n) is 16.0. The molecular weight excluding hydrogens is 328 g/mol. The molecule has 3 rings (SSSR count). The lowest BCUT2D eigenvalue weighted by molar-refractivity contribution is -0.139. The van der Waals surface area contributed by atoms with Crippen molar-refractivity contribution in [3.8, 4) is 0 Å². The predicted octanol–water partition coefficient (Wildman–Crippen LogP) is 2.53. The molecule has 5 heteroatoms. The van der Waals surface area contributed by atoms with Crippen molar-refractivity contribution in [2.75, 3.05) is 32.8 Å². The summed E-state index contributed by atoms with van der Waals surface area (Å²) in [6.07, 6.45) is 4.08. The van der Waals surface area contributed by atoms with E-state index >= 15 is 0 Å². The summed E-state index contributed by atoms with van der Waals surface area (Å²) in [4.78, 5) is 29.2. The van der Waals surface area contributed by atoms with Crippen molar-refractivity contribution in [2.24, 2.45) is 5.41 Å². The third kappa shape index (κ3) is 3.78. The van der Waals surface area contributed by atoms with Crippen LogP contribution >= 0.6 is 0 Å². The van der Waals surface area contributed by atoms with Gasteiger partial charge in [0.2, 0.25) is 5.91 Å². The number of aliphatic hydroxyl groups excluding tert-OH is 1. The summed E-state index contributed by atoms with van der Waals surface area (Å²) in [5, 5.41) is 9.08. The van der Waals surface area contributed by atoms with Gasteiger partial charge in [-0.1, -0.05) is 12.1 Å². The van der Waals surface area contributed by atoms with Crippen molar-refractivity contribution in [1.29, 1.82) is 0 Å². The molecule has 26 heavy (non-hydrogen) atoms. The second-order valence-corrected chi connectivity index (χ2v) is 7.97. The summed E-state index contributed by atoms with van der Waals surface area (Å²) in [6.45, 7) is 6.99. The van der Waals surface area contributed by atoms with Gasteiger partial charge in [0, 0.05) is 50.2 Å². The zero-order chi connectivity index (χ0) is 18.7. The average molecular weight is 358 g/mol. The van der Waals surface area contributed by atoms with Crippen molar-refractivity contribution < 1.29 is 14.7 Å². The zero-order valence-corrected chi connectivity index (χ0v) is 16.0. The van der Waals surface area contributed by atoms with E-state index in [2.05, 4.69) is 0 Å². The number of carbonyl (C=O) groups is 2. The lowest BCUT2D eigenvalue weighted by atomic mass is 9.73. The van der Waals surface area contributed by atoms with E-state index < -0.39 is 0 Å². The molecule has 0 radical (unpaired) electrons. The molecular formula is C21H30N2O3. The van der Waals surface area contributed by atoms with Crippen LogP contribution in [-0.4, -0.2) is 59.5 Å². The smallest absolute Gasteiger partial charge is 0.254 e. The minimum atomic E-state index is 0.00893. The summed E-state index contributed by atoms with van der Waals surface area (Å²) in [7, 11) is 0. The Labute approximate surface area is 156 Å².